The van der Waals surface area contributed by atoms with E-state index < -0.39 is 4.92 Å². The molecule has 9 nitrogen and oxygen atoms in total. The number of nitrogens with one attached hydrogen (secondary N) is 2. The molecule has 2 N–H and O–H groups in total. The molecule has 0 spiro atoms. The van der Waals surface area contributed by atoms with Gasteiger partial charge in [-0.3, -0.25) is 19.8 Å². The lowest BCUT2D eigenvalue weighted by atomic mass is 10.1. The number of carbonyl (C=O) groups is 1. The monoisotopic (exact) mass is 416 g/mol. The fourth-order valence-electron chi connectivity index (χ4n) is 3.46. The quantitative estimate of drug-likeness (QED) is 0.502. The second-order valence-electron chi connectivity index (χ2n) is 7.61. The van der Waals surface area contributed by atoms with Crippen molar-refractivity contribution >= 4 is 17.3 Å². The molecule has 9 heteroatoms. The summed E-state index contributed by atoms with van der Waals surface area (Å²) in [6.07, 6.45) is 0. The molecule has 1 aromatic carbocycles. The maximum atomic E-state index is 12.2. The average molecular weight is 416 g/mol. The number of nitro benzene ring substituents is 1. The maximum Gasteiger partial charge on any atom is 0.293 e. The molecule has 3 rings (SSSR count). The number of ether oxygens (including phenoxy) is 1. The van der Waals surface area contributed by atoms with Crippen molar-refractivity contribution < 1.29 is 18.9 Å². The van der Waals surface area contributed by atoms with Gasteiger partial charge in [-0.15, -0.1) is 0 Å². The van der Waals surface area contributed by atoms with E-state index in [2.05, 4.69) is 15.5 Å². The van der Waals surface area contributed by atoms with Crippen molar-refractivity contribution in [2.75, 3.05) is 38.2 Å². The first-order valence-electron chi connectivity index (χ1n) is 10.1. The van der Waals surface area contributed by atoms with Gasteiger partial charge >= 0.3 is 0 Å². The molecule has 162 valence electrons. The van der Waals surface area contributed by atoms with Crippen LogP contribution in [0.15, 0.2) is 34.7 Å². The van der Waals surface area contributed by atoms with Crippen molar-refractivity contribution in [3.8, 4) is 0 Å². The minimum absolute atomic E-state index is 0.0552. The fourth-order valence-corrected chi connectivity index (χ4v) is 3.46. The average Bonchev–Trinajstić information content (AvgIpc) is 3.14. The first-order chi connectivity index (χ1) is 14.3. The molecule has 0 radical (unpaired) electrons. The first kappa shape index (κ1) is 21.8. The summed E-state index contributed by atoms with van der Waals surface area (Å²) in [6, 6.07) is 8.18. The van der Waals surface area contributed by atoms with E-state index in [9.17, 15) is 14.9 Å². The van der Waals surface area contributed by atoms with Gasteiger partial charge in [0.25, 0.3) is 11.6 Å². The second-order valence-corrected chi connectivity index (χ2v) is 7.61. The van der Waals surface area contributed by atoms with E-state index in [0.717, 1.165) is 24.6 Å². The van der Waals surface area contributed by atoms with Crippen LogP contribution in [0.2, 0.25) is 0 Å². The summed E-state index contributed by atoms with van der Waals surface area (Å²) in [6.45, 7) is 8.76. The van der Waals surface area contributed by atoms with Gasteiger partial charge in [-0.2, -0.15) is 0 Å². The molecular weight excluding hydrogens is 388 g/mol. The number of rotatable bonds is 8. The van der Waals surface area contributed by atoms with Crippen molar-refractivity contribution in [1.29, 1.82) is 0 Å². The van der Waals surface area contributed by atoms with Crippen molar-refractivity contribution in [3.63, 3.8) is 0 Å². The third kappa shape index (κ3) is 5.37. The summed E-state index contributed by atoms with van der Waals surface area (Å²) in [4.78, 5) is 25.6. The Hall–Kier alpha value is -2.91. The number of nitrogens with zero attached hydrogens (tertiary/aromatic N) is 2. The Balaban J connectivity index is 1.80. The second kappa shape index (κ2) is 9.73. The Morgan fingerprint density at radius 1 is 1.23 bits per heavy atom. The number of hydrogen-bond acceptors (Lipinski definition) is 7. The van der Waals surface area contributed by atoms with E-state index in [0.29, 0.717) is 25.4 Å². The van der Waals surface area contributed by atoms with Crippen LogP contribution < -0.4 is 10.6 Å². The smallest absolute Gasteiger partial charge is 0.293 e. The van der Waals surface area contributed by atoms with Gasteiger partial charge in [-0.05, 0) is 45.0 Å². The SMILES string of the molecule is Cc1ccc(C(CNc2ccc(C(=O)NC(C)C)cc2[N+](=O)[O-])N2CCOCC2)o1. The van der Waals surface area contributed by atoms with Gasteiger partial charge in [-0.25, -0.2) is 0 Å². The van der Waals surface area contributed by atoms with E-state index in [1.807, 2.05) is 32.9 Å². The highest BCUT2D eigenvalue weighted by molar-refractivity contribution is 5.95. The molecule has 0 saturated carbocycles. The predicted molar refractivity (Wildman–Crippen MR) is 113 cm³/mol. The molecule has 1 unspecified atom stereocenters. The van der Waals surface area contributed by atoms with Crippen LogP contribution in [0, 0.1) is 17.0 Å². The van der Waals surface area contributed by atoms with E-state index >= 15 is 0 Å². The molecule has 1 fully saturated rings. The van der Waals surface area contributed by atoms with Crippen LogP contribution in [-0.4, -0.2) is 54.6 Å². The number of hydrogen-bond donors (Lipinski definition) is 2. The van der Waals surface area contributed by atoms with Gasteiger partial charge in [0.2, 0.25) is 0 Å². The number of benzene rings is 1. The van der Waals surface area contributed by atoms with Crippen molar-refractivity contribution in [2.45, 2.75) is 32.9 Å². The zero-order valence-corrected chi connectivity index (χ0v) is 17.5. The number of amides is 1. The number of furan rings is 1. The molecule has 1 aliphatic rings. The van der Waals surface area contributed by atoms with Crippen LogP contribution in [0.1, 0.15) is 41.8 Å². The van der Waals surface area contributed by atoms with Gasteiger partial charge < -0.3 is 19.8 Å². The van der Waals surface area contributed by atoms with Crippen molar-refractivity contribution in [3.05, 3.63) is 57.5 Å². The molecule has 1 aromatic heterocycles. The third-order valence-corrected chi connectivity index (χ3v) is 4.94. The summed E-state index contributed by atoms with van der Waals surface area (Å²) >= 11 is 0. The van der Waals surface area contributed by atoms with Crippen LogP contribution in [0.25, 0.3) is 0 Å². The summed E-state index contributed by atoms with van der Waals surface area (Å²) in [7, 11) is 0. The van der Waals surface area contributed by atoms with Gasteiger partial charge in [0.1, 0.15) is 17.2 Å². The largest absolute Gasteiger partial charge is 0.465 e. The Morgan fingerprint density at radius 2 is 1.97 bits per heavy atom. The van der Waals surface area contributed by atoms with Crippen LogP contribution in [0.4, 0.5) is 11.4 Å². The summed E-state index contributed by atoms with van der Waals surface area (Å²) in [5.41, 5.74) is 0.484. The molecule has 30 heavy (non-hydrogen) atoms. The zero-order chi connectivity index (χ0) is 21.7. The molecule has 1 saturated heterocycles. The Kier molecular flexibility index (Phi) is 7.07. The number of anilines is 1. The maximum absolute atomic E-state index is 12.2. The standard InChI is InChI=1S/C21H28N4O5/c1-14(2)23-21(26)16-5-6-17(18(12-16)25(27)28)22-13-19(20-7-4-15(3)30-20)24-8-10-29-11-9-24/h4-7,12,14,19,22H,8-11,13H2,1-3H3,(H,23,26). The molecule has 1 aliphatic heterocycles. The van der Waals surface area contributed by atoms with E-state index in [1.54, 1.807) is 12.1 Å². The van der Waals surface area contributed by atoms with Crippen LogP contribution in [-0.2, 0) is 4.74 Å². The molecule has 1 atom stereocenters. The Bertz CT molecular complexity index is 889. The topological polar surface area (TPSA) is 110 Å². The number of aryl methyl sites for hydroxylation is 1. The molecule has 1 amide bonds. The lowest BCUT2D eigenvalue weighted by Crippen LogP contribution is -2.41. The van der Waals surface area contributed by atoms with Crippen molar-refractivity contribution in [2.24, 2.45) is 0 Å². The van der Waals surface area contributed by atoms with E-state index in [1.165, 1.54) is 6.07 Å². The summed E-state index contributed by atoms with van der Waals surface area (Å²) in [5.74, 6) is 1.28. The number of nitro groups is 1. The van der Waals surface area contributed by atoms with Crippen LogP contribution >= 0.6 is 0 Å². The van der Waals surface area contributed by atoms with Crippen LogP contribution in [0.5, 0.6) is 0 Å². The predicted octanol–water partition coefficient (Wildman–Crippen LogP) is 3.12. The fraction of sp³-hybridized carbons (Fsp3) is 0.476. The highest BCUT2D eigenvalue weighted by Crippen LogP contribution is 2.29. The summed E-state index contributed by atoms with van der Waals surface area (Å²) < 4.78 is 11.3. The van der Waals surface area contributed by atoms with E-state index in [-0.39, 0.29) is 29.2 Å². The summed E-state index contributed by atoms with van der Waals surface area (Å²) in [5, 5.41) is 17.6. The lowest BCUT2D eigenvalue weighted by molar-refractivity contribution is -0.384. The molecule has 2 heterocycles. The molecular formula is C21H28N4O5. The minimum Gasteiger partial charge on any atom is -0.465 e. The molecule has 0 bridgehead atoms. The van der Waals surface area contributed by atoms with Gasteiger partial charge in [0.15, 0.2) is 0 Å². The highest BCUT2D eigenvalue weighted by atomic mass is 16.6. The van der Waals surface area contributed by atoms with Gasteiger partial charge in [-0.1, -0.05) is 0 Å². The first-order valence-corrected chi connectivity index (χ1v) is 10.1. The Labute approximate surface area is 175 Å². The van der Waals surface area contributed by atoms with Gasteiger partial charge in [0, 0.05) is 37.3 Å². The number of morpholine rings is 1. The van der Waals surface area contributed by atoms with Crippen molar-refractivity contribution in [1.82, 2.24) is 10.2 Å². The third-order valence-electron chi connectivity index (χ3n) is 4.94. The normalized spacial score (nSPS) is 15.7. The minimum atomic E-state index is -0.477. The molecule has 0 aliphatic carbocycles. The van der Waals surface area contributed by atoms with Gasteiger partial charge in [0.05, 0.1) is 24.2 Å². The van der Waals surface area contributed by atoms with E-state index in [4.69, 9.17) is 9.15 Å². The highest BCUT2D eigenvalue weighted by Gasteiger charge is 2.26. The zero-order valence-electron chi connectivity index (χ0n) is 17.5. The van der Waals surface area contributed by atoms with Crippen LogP contribution in [0.3, 0.4) is 0 Å². The number of carbonyl (C=O) groups excluding carboxylic acids is 1. The Morgan fingerprint density at radius 3 is 2.57 bits per heavy atom. The molecule has 2 aromatic rings. The lowest BCUT2D eigenvalue weighted by Gasteiger charge is -2.33.